The topological polar surface area (TPSA) is 29.1 Å². The van der Waals surface area contributed by atoms with E-state index < -0.39 is 0 Å². The van der Waals surface area contributed by atoms with Crippen molar-refractivity contribution < 1.29 is 4.79 Å². The van der Waals surface area contributed by atoms with E-state index in [2.05, 4.69) is 17.2 Å². The average Bonchev–Trinajstić information content (AvgIpc) is 2.47. The molecule has 1 atom stereocenters. The summed E-state index contributed by atoms with van der Waals surface area (Å²) in [6, 6.07) is 18.7. The van der Waals surface area contributed by atoms with Crippen LogP contribution in [0.1, 0.15) is 22.8 Å². The zero-order valence-corrected chi connectivity index (χ0v) is 10.8. The van der Waals surface area contributed by atoms with Gasteiger partial charge in [-0.2, -0.15) is 0 Å². The highest BCUT2D eigenvalue weighted by atomic mass is 16.1. The Morgan fingerprint density at radius 2 is 1.58 bits per heavy atom. The Balaban J connectivity index is 1.97. The Morgan fingerprint density at radius 1 is 1.00 bits per heavy atom. The van der Waals surface area contributed by atoms with E-state index in [0.717, 1.165) is 5.56 Å². The van der Waals surface area contributed by atoms with Crippen LogP contribution in [0.5, 0.6) is 0 Å². The highest BCUT2D eigenvalue weighted by Gasteiger charge is 2.06. The van der Waals surface area contributed by atoms with Crippen LogP contribution >= 0.6 is 0 Å². The summed E-state index contributed by atoms with van der Waals surface area (Å²) in [5.74, 6) is 5.95. The van der Waals surface area contributed by atoms with Crippen molar-refractivity contribution in [3.05, 3.63) is 71.8 Å². The van der Waals surface area contributed by atoms with Gasteiger partial charge in [-0.3, -0.25) is 4.79 Å². The average molecular weight is 249 g/mol. The van der Waals surface area contributed by atoms with E-state index in [0.29, 0.717) is 5.56 Å². The van der Waals surface area contributed by atoms with Crippen molar-refractivity contribution in [2.45, 2.75) is 13.0 Å². The van der Waals surface area contributed by atoms with Gasteiger partial charge in [-0.15, -0.1) is 0 Å². The lowest BCUT2D eigenvalue weighted by molar-refractivity contribution is 0.0948. The van der Waals surface area contributed by atoms with Gasteiger partial charge < -0.3 is 5.32 Å². The fourth-order valence-electron chi connectivity index (χ4n) is 1.62. The van der Waals surface area contributed by atoms with Crippen molar-refractivity contribution in [3.63, 3.8) is 0 Å². The molecule has 0 unspecified atom stereocenters. The van der Waals surface area contributed by atoms with E-state index in [1.165, 1.54) is 0 Å². The number of rotatable bonds is 2. The predicted molar refractivity (Wildman–Crippen MR) is 76.7 cm³/mol. The summed E-state index contributed by atoms with van der Waals surface area (Å²) in [6.07, 6.45) is 0. The third-order valence-corrected chi connectivity index (χ3v) is 2.59. The summed E-state index contributed by atoms with van der Waals surface area (Å²) in [5, 5.41) is 2.85. The highest BCUT2D eigenvalue weighted by Crippen LogP contribution is 1.99. The van der Waals surface area contributed by atoms with E-state index in [-0.39, 0.29) is 11.9 Å². The van der Waals surface area contributed by atoms with Gasteiger partial charge in [0.1, 0.15) is 0 Å². The standard InChI is InChI=1S/C17H15NO/c1-14(12-13-15-8-4-2-5-9-15)18-17(19)16-10-6-3-7-11-16/h2-11,14H,1H3,(H,18,19)/t14-/m1/s1. The first kappa shape index (κ1) is 12.9. The fourth-order valence-corrected chi connectivity index (χ4v) is 1.62. The minimum absolute atomic E-state index is 0.101. The molecule has 2 aromatic carbocycles. The Bertz CT molecular complexity index is 593. The monoisotopic (exact) mass is 249 g/mol. The first-order valence-corrected chi connectivity index (χ1v) is 6.18. The first-order valence-electron chi connectivity index (χ1n) is 6.18. The molecule has 0 aromatic heterocycles. The van der Waals surface area contributed by atoms with Crippen LogP contribution in [-0.2, 0) is 0 Å². The zero-order valence-electron chi connectivity index (χ0n) is 10.8. The van der Waals surface area contributed by atoms with Crippen LogP contribution in [0.25, 0.3) is 0 Å². The lowest BCUT2D eigenvalue weighted by atomic mass is 10.2. The molecule has 0 heterocycles. The Hall–Kier alpha value is -2.53. The Morgan fingerprint density at radius 3 is 2.21 bits per heavy atom. The van der Waals surface area contributed by atoms with Crippen LogP contribution in [0.3, 0.4) is 0 Å². The Labute approximate surface area is 113 Å². The third-order valence-electron chi connectivity index (χ3n) is 2.59. The maximum absolute atomic E-state index is 11.9. The summed E-state index contributed by atoms with van der Waals surface area (Å²) >= 11 is 0. The van der Waals surface area contributed by atoms with Gasteiger partial charge in [-0.1, -0.05) is 48.2 Å². The second kappa shape index (κ2) is 6.42. The van der Waals surface area contributed by atoms with E-state index in [1.807, 2.05) is 55.5 Å². The second-order valence-electron chi connectivity index (χ2n) is 4.20. The summed E-state index contributed by atoms with van der Waals surface area (Å²) in [6.45, 7) is 1.87. The van der Waals surface area contributed by atoms with Crippen molar-refractivity contribution in [2.75, 3.05) is 0 Å². The van der Waals surface area contributed by atoms with Crippen LogP contribution in [0.4, 0.5) is 0 Å². The molecule has 0 fully saturated rings. The quantitative estimate of drug-likeness (QED) is 0.815. The van der Waals surface area contributed by atoms with Crippen LogP contribution < -0.4 is 5.32 Å². The minimum atomic E-state index is -0.187. The van der Waals surface area contributed by atoms with Gasteiger partial charge >= 0.3 is 0 Å². The molecule has 0 saturated carbocycles. The summed E-state index contributed by atoms with van der Waals surface area (Å²) in [7, 11) is 0. The van der Waals surface area contributed by atoms with Crippen molar-refractivity contribution in [1.82, 2.24) is 5.32 Å². The molecule has 2 nitrogen and oxygen atoms in total. The number of hydrogen-bond donors (Lipinski definition) is 1. The largest absolute Gasteiger partial charge is 0.339 e. The normalized spacial score (nSPS) is 11.0. The lowest BCUT2D eigenvalue weighted by Gasteiger charge is -2.07. The molecule has 0 aliphatic carbocycles. The molecule has 2 rings (SSSR count). The SMILES string of the molecule is C[C@H](C#Cc1ccccc1)NC(=O)c1ccccc1. The number of carbonyl (C=O) groups excluding carboxylic acids is 1. The number of nitrogens with one attached hydrogen (secondary N) is 1. The zero-order chi connectivity index (χ0) is 13.5. The fraction of sp³-hybridized carbons (Fsp3) is 0.118. The van der Waals surface area contributed by atoms with Gasteiger partial charge in [0.25, 0.3) is 5.91 Å². The molecule has 1 amide bonds. The van der Waals surface area contributed by atoms with Crippen molar-refractivity contribution in [2.24, 2.45) is 0 Å². The molecule has 0 aliphatic rings. The van der Waals surface area contributed by atoms with Gasteiger partial charge in [-0.05, 0) is 31.2 Å². The molecule has 0 radical (unpaired) electrons. The molecule has 2 aromatic rings. The van der Waals surface area contributed by atoms with Gasteiger partial charge in [0.05, 0.1) is 6.04 Å². The van der Waals surface area contributed by atoms with E-state index in [4.69, 9.17) is 0 Å². The van der Waals surface area contributed by atoms with Crippen molar-refractivity contribution in [3.8, 4) is 11.8 Å². The van der Waals surface area contributed by atoms with Crippen molar-refractivity contribution >= 4 is 5.91 Å². The van der Waals surface area contributed by atoms with Gasteiger partial charge in [0, 0.05) is 11.1 Å². The molecule has 0 aliphatic heterocycles. The molecule has 1 N–H and O–H groups in total. The number of amides is 1. The van der Waals surface area contributed by atoms with E-state index in [1.54, 1.807) is 12.1 Å². The number of benzene rings is 2. The first-order chi connectivity index (χ1) is 9.25. The van der Waals surface area contributed by atoms with E-state index in [9.17, 15) is 4.79 Å². The molecule has 0 saturated heterocycles. The molecule has 19 heavy (non-hydrogen) atoms. The minimum Gasteiger partial charge on any atom is -0.339 e. The summed E-state index contributed by atoms with van der Waals surface area (Å²) in [4.78, 5) is 11.9. The van der Waals surface area contributed by atoms with Crippen LogP contribution in [-0.4, -0.2) is 11.9 Å². The van der Waals surface area contributed by atoms with Gasteiger partial charge in [0.15, 0.2) is 0 Å². The van der Waals surface area contributed by atoms with Gasteiger partial charge in [-0.25, -0.2) is 0 Å². The number of carbonyl (C=O) groups is 1. The van der Waals surface area contributed by atoms with Crippen LogP contribution in [0.15, 0.2) is 60.7 Å². The molecule has 0 spiro atoms. The predicted octanol–water partition coefficient (Wildman–Crippen LogP) is 2.86. The van der Waals surface area contributed by atoms with Crippen LogP contribution in [0.2, 0.25) is 0 Å². The maximum atomic E-state index is 11.9. The van der Waals surface area contributed by atoms with Crippen molar-refractivity contribution in [1.29, 1.82) is 0 Å². The van der Waals surface area contributed by atoms with Crippen LogP contribution in [0, 0.1) is 11.8 Å². The summed E-state index contributed by atoms with van der Waals surface area (Å²) < 4.78 is 0. The Kier molecular flexibility index (Phi) is 4.36. The molecule has 94 valence electrons. The third kappa shape index (κ3) is 4.01. The van der Waals surface area contributed by atoms with Gasteiger partial charge in [0.2, 0.25) is 0 Å². The maximum Gasteiger partial charge on any atom is 0.252 e. The molecular weight excluding hydrogens is 234 g/mol. The molecular formula is C17H15NO. The molecule has 0 bridgehead atoms. The number of hydrogen-bond acceptors (Lipinski definition) is 1. The van der Waals surface area contributed by atoms with E-state index >= 15 is 0 Å². The molecule has 2 heteroatoms. The second-order valence-corrected chi connectivity index (χ2v) is 4.20. The summed E-state index contributed by atoms with van der Waals surface area (Å²) in [5.41, 5.74) is 1.60. The lowest BCUT2D eigenvalue weighted by Crippen LogP contribution is -2.31. The smallest absolute Gasteiger partial charge is 0.252 e. The highest BCUT2D eigenvalue weighted by molar-refractivity contribution is 5.94.